The van der Waals surface area contributed by atoms with E-state index in [1.54, 1.807) is 12.0 Å². The number of phenols is 1. The summed E-state index contributed by atoms with van der Waals surface area (Å²) < 4.78 is 0. The van der Waals surface area contributed by atoms with Crippen molar-refractivity contribution < 1.29 is 15.0 Å². The average Bonchev–Trinajstić information content (AvgIpc) is 2.15. The maximum absolute atomic E-state index is 10.6. The van der Waals surface area contributed by atoms with Gasteiger partial charge in [0.15, 0.2) is 0 Å². The number of carbonyl (C=O) groups excluding carboxylic acids is 1. The fourth-order valence-electron chi connectivity index (χ4n) is 1.54. The Morgan fingerprint density at radius 1 is 1.29 bits per heavy atom. The molecule has 0 fully saturated rings. The van der Waals surface area contributed by atoms with Crippen molar-refractivity contribution in [3.05, 3.63) is 35.1 Å². The molecule has 0 heterocycles. The molecule has 0 amide bonds. The Morgan fingerprint density at radius 2 is 2.07 bits per heavy atom. The molecule has 1 aliphatic carbocycles. The monoisotopic (exact) mass is 188 g/mol. The number of hydrogen-bond donors (Lipinski definition) is 2. The Labute approximate surface area is 80.6 Å². The molecule has 0 saturated heterocycles. The maximum Gasteiger partial charge on any atom is 0.129 e. The summed E-state index contributed by atoms with van der Waals surface area (Å²) in [6.45, 7) is 0. The topological polar surface area (TPSA) is 57.5 Å². The van der Waals surface area contributed by atoms with E-state index in [9.17, 15) is 15.0 Å². The van der Waals surface area contributed by atoms with Crippen LogP contribution in [0.4, 0.5) is 0 Å². The van der Waals surface area contributed by atoms with Crippen LogP contribution in [-0.2, 0) is 4.79 Å². The molecule has 14 heavy (non-hydrogen) atoms. The zero-order valence-electron chi connectivity index (χ0n) is 7.32. The summed E-state index contributed by atoms with van der Waals surface area (Å²) in [6, 6.07) is 4.66. The lowest BCUT2D eigenvalue weighted by Crippen LogP contribution is -1.98. The van der Waals surface area contributed by atoms with Crippen molar-refractivity contribution in [1.29, 1.82) is 0 Å². The Bertz CT molecular complexity index is 465. The summed E-state index contributed by atoms with van der Waals surface area (Å²) in [5, 5.41) is 18.5. The molecule has 0 unspecified atom stereocenters. The van der Waals surface area contributed by atoms with Gasteiger partial charge in [0.05, 0.1) is 11.3 Å². The second-order valence-electron chi connectivity index (χ2n) is 3.16. The Balaban J connectivity index is 2.69. The van der Waals surface area contributed by atoms with Crippen LogP contribution in [0.1, 0.15) is 17.5 Å². The molecular weight excluding hydrogens is 180 g/mol. The number of hydrogen-bond acceptors (Lipinski definition) is 3. The van der Waals surface area contributed by atoms with Gasteiger partial charge in [0.2, 0.25) is 0 Å². The van der Waals surface area contributed by atoms with Crippen LogP contribution in [0, 0.1) is 0 Å². The summed E-state index contributed by atoms with van der Waals surface area (Å²) >= 11 is 0. The zero-order chi connectivity index (χ0) is 10.1. The lowest BCUT2D eigenvalue weighted by molar-refractivity contribution is 0.407. The van der Waals surface area contributed by atoms with Crippen LogP contribution < -0.4 is 0 Å². The number of aromatic hydroxyl groups is 1. The molecule has 0 bridgehead atoms. The normalized spacial score (nSPS) is 14.3. The number of fused-ring (bicyclic) bond motifs is 1. The molecule has 0 aromatic heterocycles. The number of allylic oxidation sites excluding steroid dienone is 1. The molecule has 1 aromatic carbocycles. The number of aliphatic hydroxyl groups excluding tert-OH is 1. The summed E-state index contributed by atoms with van der Waals surface area (Å²) in [7, 11) is 0. The van der Waals surface area contributed by atoms with Gasteiger partial charge in [-0.2, -0.15) is 0 Å². The van der Waals surface area contributed by atoms with E-state index in [0.717, 1.165) is 5.56 Å². The molecular formula is C11H8O3. The first kappa shape index (κ1) is 8.60. The van der Waals surface area contributed by atoms with Crippen molar-refractivity contribution in [1.82, 2.24) is 0 Å². The Morgan fingerprint density at radius 3 is 2.79 bits per heavy atom. The molecule has 0 aliphatic heterocycles. The first-order valence-electron chi connectivity index (χ1n) is 4.17. The minimum absolute atomic E-state index is 0.111. The van der Waals surface area contributed by atoms with Crippen LogP contribution in [0.15, 0.2) is 24.0 Å². The highest BCUT2D eigenvalue weighted by molar-refractivity contribution is 5.94. The zero-order valence-corrected chi connectivity index (χ0v) is 7.32. The molecule has 3 nitrogen and oxygen atoms in total. The van der Waals surface area contributed by atoms with E-state index in [-0.39, 0.29) is 17.9 Å². The number of rotatable bonds is 0. The van der Waals surface area contributed by atoms with Gasteiger partial charge in [0.1, 0.15) is 11.7 Å². The van der Waals surface area contributed by atoms with Crippen molar-refractivity contribution in [3.63, 3.8) is 0 Å². The van der Waals surface area contributed by atoms with Crippen LogP contribution in [0.2, 0.25) is 0 Å². The van der Waals surface area contributed by atoms with Gasteiger partial charge in [0, 0.05) is 6.42 Å². The van der Waals surface area contributed by atoms with Gasteiger partial charge in [-0.15, -0.1) is 0 Å². The van der Waals surface area contributed by atoms with E-state index >= 15 is 0 Å². The minimum Gasteiger partial charge on any atom is -0.512 e. The lowest BCUT2D eigenvalue weighted by atomic mass is 9.92. The average molecular weight is 188 g/mol. The quantitative estimate of drug-likeness (QED) is 0.611. The molecule has 0 radical (unpaired) electrons. The van der Waals surface area contributed by atoms with Crippen LogP contribution in [0.25, 0.3) is 11.6 Å². The second-order valence-corrected chi connectivity index (χ2v) is 3.16. The summed E-state index contributed by atoms with van der Waals surface area (Å²) in [4.78, 5) is 10.6. The highest BCUT2D eigenvalue weighted by atomic mass is 16.3. The smallest absolute Gasteiger partial charge is 0.129 e. The molecule has 0 saturated carbocycles. The van der Waals surface area contributed by atoms with Crippen LogP contribution >= 0.6 is 0 Å². The molecule has 3 heteroatoms. The van der Waals surface area contributed by atoms with Gasteiger partial charge in [-0.25, -0.2) is 4.79 Å². The maximum atomic E-state index is 10.6. The van der Waals surface area contributed by atoms with Crippen molar-refractivity contribution in [2.45, 2.75) is 6.42 Å². The standard InChI is InChI=1S/C11H8O3/c12-6-8-5-10(14)4-7-3-9(13)1-2-11(7)8/h1-4,13-14H,5H2. The third-order valence-electron chi connectivity index (χ3n) is 2.16. The van der Waals surface area contributed by atoms with E-state index in [1.807, 2.05) is 0 Å². The first-order chi connectivity index (χ1) is 6.70. The van der Waals surface area contributed by atoms with E-state index in [1.165, 1.54) is 18.2 Å². The third kappa shape index (κ3) is 1.30. The first-order valence-corrected chi connectivity index (χ1v) is 4.17. The van der Waals surface area contributed by atoms with Crippen molar-refractivity contribution >= 4 is 17.6 Å². The predicted octanol–water partition coefficient (Wildman–Crippen LogP) is 1.91. The fourth-order valence-corrected chi connectivity index (χ4v) is 1.54. The third-order valence-corrected chi connectivity index (χ3v) is 2.16. The highest BCUT2D eigenvalue weighted by Crippen LogP contribution is 2.31. The van der Waals surface area contributed by atoms with Crippen molar-refractivity contribution in [3.8, 4) is 5.75 Å². The fraction of sp³-hybridized carbons (Fsp3) is 0.0909. The lowest BCUT2D eigenvalue weighted by Gasteiger charge is -2.13. The summed E-state index contributed by atoms with van der Waals surface area (Å²) in [6.07, 6.45) is 1.75. The molecule has 2 rings (SSSR count). The predicted molar refractivity (Wildman–Crippen MR) is 52.4 cm³/mol. The van der Waals surface area contributed by atoms with Crippen molar-refractivity contribution in [2.75, 3.05) is 0 Å². The molecule has 0 spiro atoms. The largest absolute Gasteiger partial charge is 0.512 e. The van der Waals surface area contributed by atoms with Gasteiger partial charge in [-0.05, 0) is 35.4 Å². The van der Waals surface area contributed by atoms with Gasteiger partial charge >= 0.3 is 0 Å². The van der Waals surface area contributed by atoms with Gasteiger partial charge < -0.3 is 10.2 Å². The highest BCUT2D eigenvalue weighted by Gasteiger charge is 2.15. The summed E-state index contributed by atoms with van der Waals surface area (Å²) in [5.41, 5.74) is 1.78. The molecule has 1 aromatic rings. The van der Waals surface area contributed by atoms with Gasteiger partial charge in [-0.1, -0.05) is 0 Å². The van der Waals surface area contributed by atoms with Crippen LogP contribution in [-0.4, -0.2) is 16.2 Å². The van der Waals surface area contributed by atoms with E-state index in [0.29, 0.717) is 11.1 Å². The molecule has 1 aliphatic rings. The second kappa shape index (κ2) is 3.05. The Hall–Kier alpha value is -1.99. The molecule has 2 N–H and O–H groups in total. The van der Waals surface area contributed by atoms with E-state index in [4.69, 9.17) is 0 Å². The van der Waals surface area contributed by atoms with E-state index < -0.39 is 0 Å². The Kier molecular flexibility index (Phi) is 1.88. The molecule has 70 valence electrons. The SMILES string of the molecule is O=C=C1CC(O)=Cc2cc(O)ccc21. The molecule has 0 atom stereocenters. The van der Waals surface area contributed by atoms with Crippen LogP contribution in [0.3, 0.4) is 0 Å². The van der Waals surface area contributed by atoms with Crippen LogP contribution in [0.5, 0.6) is 5.75 Å². The number of benzene rings is 1. The minimum atomic E-state index is 0.111. The van der Waals surface area contributed by atoms with Gasteiger partial charge in [0.25, 0.3) is 0 Å². The van der Waals surface area contributed by atoms with E-state index in [2.05, 4.69) is 0 Å². The summed E-state index contributed by atoms with van der Waals surface area (Å²) in [5.74, 6) is 2.02. The van der Waals surface area contributed by atoms with Gasteiger partial charge in [-0.3, -0.25) is 0 Å². The van der Waals surface area contributed by atoms with Crippen molar-refractivity contribution in [2.24, 2.45) is 0 Å². The number of aliphatic hydroxyl groups is 1. The number of phenolic OH excluding ortho intramolecular Hbond substituents is 1.